The molecule has 0 bridgehead atoms. The van der Waals surface area contributed by atoms with Gasteiger partial charge < -0.3 is 19.8 Å². The fourth-order valence-electron chi connectivity index (χ4n) is 7.56. The molecule has 250 valence electrons. The number of aromatic nitrogens is 4. The van der Waals surface area contributed by atoms with E-state index in [1.807, 2.05) is 121 Å². The van der Waals surface area contributed by atoms with Crippen LogP contribution in [0.25, 0.3) is 22.1 Å². The molecule has 8 rings (SSSR count). The van der Waals surface area contributed by atoms with Crippen LogP contribution in [-0.2, 0) is 9.59 Å². The molecular formula is C42H40N6O2. The highest BCUT2D eigenvalue weighted by atomic mass is 16.2. The highest BCUT2D eigenvalue weighted by molar-refractivity contribution is 5.85. The number of hydrogen-bond donors (Lipinski definition) is 2. The van der Waals surface area contributed by atoms with Gasteiger partial charge in [-0.1, -0.05) is 72.5 Å². The van der Waals surface area contributed by atoms with Crippen molar-refractivity contribution >= 4 is 33.9 Å². The van der Waals surface area contributed by atoms with Crippen molar-refractivity contribution in [3.63, 3.8) is 0 Å². The first-order valence-electron chi connectivity index (χ1n) is 17.6. The summed E-state index contributed by atoms with van der Waals surface area (Å²) in [5, 5.41) is 0. The SMILES string of the molecule is C[C@H](C(=O)N1CCCC1c1nc2cc(C#Cc3ccc4[nH]c(C5CCCN5C(=O)[C@@H](C)c5ccccc5)nc4c3)ccc2[nH]1)c1ccccc1. The molecule has 2 aromatic heterocycles. The Hall–Kier alpha value is -5.68. The van der Waals surface area contributed by atoms with Gasteiger partial charge in [0.2, 0.25) is 11.8 Å². The van der Waals surface area contributed by atoms with Crippen LogP contribution in [0.4, 0.5) is 0 Å². The first-order chi connectivity index (χ1) is 24.4. The third kappa shape index (κ3) is 6.05. The van der Waals surface area contributed by atoms with Gasteiger partial charge in [0.1, 0.15) is 11.6 Å². The summed E-state index contributed by atoms with van der Waals surface area (Å²) in [5.74, 6) is 8.14. The molecule has 2 amide bonds. The Labute approximate surface area is 291 Å². The highest BCUT2D eigenvalue weighted by Gasteiger charge is 2.36. The van der Waals surface area contributed by atoms with Crippen LogP contribution < -0.4 is 0 Å². The standard InChI is InChI=1S/C42H40N6O2/c1-27(31-11-5-3-6-12-31)41(49)47-23-9-15-37(47)39-43-33-21-19-29(25-35(33)45-39)17-18-30-20-22-34-36(26-30)46-40(44-34)38-16-10-24-48(38)42(50)28(2)32-13-7-4-8-14-32/h3-8,11-14,19-22,25-28,37-38H,9-10,15-16,23-24H2,1-2H3,(H,43,45)(H,44,46)/t27-,28-,37?,38?/m0/s1. The number of carbonyl (C=O) groups excluding carboxylic acids is 2. The number of fused-ring (bicyclic) bond motifs is 2. The molecule has 2 N–H and O–H groups in total. The molecule has 8 nitrogen and oxygen atoms in total. The summed E-state index contributed by atoms with van der Waals surface area (Å²) < 4.78 is 0. The molecule has 0 radical (unpaired) electrons. The summed E-state index contributed by atoms with van der Waals surface area (Å²) in [5.41, 5.74) is 7.34. The van der Waals surface area contributed by atoms with Crippen LogP contribution in [0, 0.1) is 11.8 Å². The highest BCUT2D eigenvalue weighted by Crippen LogP contribution is 2.36. The molecular weight excluding hydrogens is 621 g/mol. The maximum absolute atomic E-state index is 13.5. The molecule has 2 aliphatic rings. The van der Waals surface area contributed by atoms with Gasteiger partial charge >= 0.3 is 0 Å². The summed E-state index contributed by atoms with van der Waals surface area (Å²) in [4.78, 5) is 47.9. The van der Waals surface area contributed by atoms with Gasteiger partial charge in [-0.25, -0.2) is 9.97 Å². The first-order valence-corrected chi connectivity index (χ1v) is 17.6. The van der Waals surface area contributed by atoms with Crippen LogP contribution >= 0.6 is 0 Å². The molecule has 2 fully saturated rings. The number of imidazole rings is 2. The number of rotatable bonds is 6. The minimum atomic E-state index is -0.203. The minimum Gasteiger partial charge on any atom is -0.340 e. The number of nitrogens with one attached hydrogen (secondary N) is 2. The Balaban J connectivity index is 0.982. The lowest BCUT2D eigenvalue weighted by atomic mass is 9.99. The molecule has 4 heterocycles. The van der Waals surface area contributed by atoms with Gasteiger partial charge in [0.05, 0.1) is 46.0 Å². The number of H-pyrrole nitrogens is 2. The van der Waals surface area contributed by atoms with Crippen molar-refractivity contribution in [2.75, 3.05) is 13.1 Å². The normalized spacial score (nSPS) is 18.7. The summed E-state index contributed by atoms with van der Waals surface area (Å²) in [6, 6.07) is 31.8. The monoisotopic (exact) mass is 660 g/mol. The van der Waals surface area contributed by atoms with Gasteiger partial charge in [-0.05, 0) is 87.1 Å². The molecule has 4 atom stereocenters. The zero-order valence-electron chi connectivity index (χ0n) is 28.4. The van der Waals surface area contributed by atoms with Crippen molar-refractivity contribution in [1.29, 1.82) is 0 Å². The number of likely N-dealkylation sites (tertiary alicyclic amines) is 2. The maximum atomic E-state index is 13.5. The van der Waals surface area contributed by atoms with E-state index in [1.54, 1.807) is 0 Å². The molecule has 0 aliphatic carbocycles. The number of hydrogen-bond acceptors (Lipinski definition) is 4. The number of amides is 2. The van der Waals surface area contributed by atoms with E-state index in [1.165, 1.54) is 0 Å². The van der Waals surface area contributed by atoms with E-state index in [2.05, 4.69) is 21.8 Å². The summed E-state index contributed by atoms with van der Waals surface area (Å²) >= 11 is 0. The van der Waals surface area contributed by atoms with E-state index in [4.69, 9.17) is 9.97 Å². The molecule has 50 heavy (non-hydrogen) atoms. The van der Waals surface area contributed by atoms with E-state index in [0.717, 1.165) is 94.7 Å². The van der Waals surface area contributed by atoms with Crippen LogP contribution in [0.5, 0.6) is 0 Å². The largest absolute Gasteiger partial charge is 0.340 e. The molecule has 6 aromatic rings. The van der Waals surface area contributed by atoms with Gasteiger partial charge in [-0.2, -0.15) is 0 Å². The van der Waals surface area contributed by atoms with Crippen LogP contribution in [-0.4, -0.2) is 54.6 Å². The maximum Gasteiger partial charge on any atom is 0.230 e. The smallest absolute Gasteiger partial charge is 0.230 e. The number of benzene rings is 4. The van der Waals surface area contributed by atoms with Crippen molar-refractivity contribution in [2.45, 2.75) is 63.5 Å². The molecule has 2 saturated heterocycles. The van der Waals surface area contributed by atoms with E-state index < -0.39 is 0 Å². The summed E-state index contributed by atoms with van der Waals surface area (Å²) in [7, 11) is 0. The topological polar surface area (TPSA) is 98.0 Å². The Morgan fingerprint density at radius 1 is 0.640 bits per heavy atom. The lowest BCUT2D eigenvalue weighted by Crippen LogP contribution is -2.34. The van der Waals surface area contributed by atoms with Gasteiger partial charge in [0, 0.05) is 24.2 Å². The third-order valence-corrected chi connectivity index (χ3v) is 10.4. The summed E-state index contributed by atoms with van der Waals surface area (Å²) in [6.07, 6.45) is 3.69. The van der Waals surface area contributed by atoms with Gasteiger partial charge in [-0.15, -0.1) is 0 Å². The van der Waals surface area contributed by atoms with Crippen LogP contribution in [0.15, 0.2) is 97.1 Å². The average Bonchev–Trinajstić information content (AvgIpc) is 3.98. The van der Waals surface area contributed by atoms with Crippen LogP contribution in [0.2, 0.25) is 0 Å². The van der Waals surface area contributed by atoms with Gasteiger partial charge in [0.15, 0.2) is 0 Å². The minimum absolute atomic E-state index is 0.0669. The molecule has 8 heteroatoms. The molecule has 2 unspecified atom stereocenters. The average molecular weight is 661 g/mol. The Kier molecular flexibility index (Phi) is 8.41. The van der Waals surface area contributed by atoms with Crippen LogP contribution in [0.3, 0.4) is 0 Å². The predicted octanol–water partition coefficient (Wildman–Crippen LogP) is 7.77. The first kappa shape index (κ1) is 31.6. The Bertz CT molecular complexity index is 2090. The van der Waals surface area contributed by atoms with E-state index >= 15 is 0 Å². The number of carbonyl (C=O) groups is 2. The Morgan fingerprint density at radius 2 is 1.06 bits per heavy atom. The van der Waals surface area contributed by atoms with Crippen molar-refractivity contribution in [3.8, 4) is 11.8 Å². The second-order valence-corrected chi connectivity index (χ2v) is 13.6. The van der Waals surface area contributed by atoms with E-state index in [9.17, 15) is 9.59 Å². The van der Waals surface area contributed by atoms with Crippen molar-refractivity contribution in [1.82, 2.24) is 29.7 Å². The summed E-state index contributed by atoms with van der Waals surface area (Å²) in [6.45, 7) is 5.44. The van der Waals surface area contributed by atoms with E-state index in [-0.39, 0.29) is 35.7 Å². The van der Waals surface area contributed by atoms with Gasteiger partial charge in [-0.3, -0.25) is 9.59 Å². The predicted molar refractivity (Wildman–Crippen MR) is 195 cm³/mol. The lowest BCUT2D eigenvalue weighted by Gasteiger charge is -2.26. The molecule has 4 aromatic carbocycles. The quantitative estimate of drug-likeness (QED) is 0.178. The molecule has 2 aliphatic heterocycles. The Morgan fingerprint density at radius 3 is 1.48 bits per heavy atom. The van der Waals surface area contributed by atoms with Crippen molar-refractivity contribution in [3.05, 3.63) is 131 Å². The second kappa shape index (κ2) is 13.3. The molecule has 0 saturated carbocycles. The van der Waals surface area contributed by atoms with E-state index in [0.29, 0.717) is 0 Å². The second-order valence-electron chi connectivity index (χ2n) is 13.6. The zero-order chi connectivity index (χ0) is 34.2. The number of nitrogens with zero attached hydrogens (tertiary/aromatic N) is 4. The van der Waals surface area contributed by atoms with Crippen molar-refractivity contribution in [2.24, 2.45) is 0 Å². The van der Waals surface area contributed by atoms with Gasteiger partial charge in [0.25, 0.3) is 0 Å². The third-order valence-electron chi connectivity index (χ3n) is 10.4. The molecule has 0 spiro atoms. The van der Waals surface area contributed by atoms with Crippen LogP contribution in [0.1, 0.15) is 97.4 Å². The number of aromatic amines is 2. The zero-order valence-corrected chi connectivity index (χ0v) is 28.4. The lowest BCUT2D eigenvalue weighted by molar-refractivity contribution is -0.134. The fraction of sp³-hybridized carbons (Fsp3) is 0.286. The fourth-order valence-corrected chi connectivity index (χ4v) is 7.56. The van der Waals surface area contributed by atoms with Crippen molar-refractivity contribution < 1.29 is 9.59 Å².